The quantitative estimate of drug-likeness (QED) is 0.238. The Morgan fingerprint density at radius 1 is 0.857 bits per heavy atom. The molecule has 0 heterocycles. The van der Waals surface area contributed by atoms with Crippen LogP contribution in [0.1, 0.15) is 0 Å². The number of hydrogen-bond donors (Lipinski definition) is 5. The van der Waals surface area contributed by atoms with Crippen LogP contribution in [0.5, 0.6) is 0 Å². The van der Waals surface area contributed by atoms with Crippen molar-refractivity contribution in [3.8, 4) is 0 Å². The summed E-state index contributed by atoms with van der Waals surface area (Å²) < 4.78 is 0. The van der Waals surface area contributed by atoms with Crippen molar-refractivity contribution >= 4 is 9.05 Å². The van der Waals surface area contributed by atoms with E-state index in [0.717, 1.165) is 0 Å². The summed E-state index contributed by atoms with van der Waals surface area (Å²) in [5.74, 6) is 0. The van der Waals surface area contributed by atoms with Crippen molar-refractivity contribution in [2.75, 3.05) is 0 Å². The second-order valence-electron chi connectivity index (χ2n) is 0.600. The lowest BCUT2D eigenvalue weighted by Crippen LogP contribution is -2.33. The maximum Gasteiger partial charge on any atom is 0.668 e. The first-order chi connectivity index (χ1) is 2.00. The molecule has 0 saturated heterocycles. The minimum atomic E-state index is -4.61. The van der Waals surface area contributed by atoms with Crippen LogP contribution in [-0.4, -0.2) is 28.2 Å². The number of rotatable bonds is 0. The Balaban J connectivity index is -0.0000000800. The molecule has 0 unspecified atom stereocenters. The van der Waals surface area contributed by atoms with Crippen LogP contribution >= 0.6 is 0 Å². The molecule has 0 spiro atoms. The molecule has 0 radical (unpaired) electrons. The maximum atomic E-state index is 7.33. The number of hydrogen-bond acceptors (Lipinski definition) is 5. The minimum Gasteiger partial charge on any atom is -0.368 e. The van der Waals surface area contributed by atoms with E-state index in [0.29, 0.717) is 0 Å². The van der Waals surface area contributed by atoms with Crippen molar-refractivity contribution in [3.63, 3.8) is 0 Å². The molecule has 0 fully saturated rings. The van der Waals surface area contributed by atoms with Gasteiger partial charge in [0.1, 0.15) is 0 Å². The predicted octanol–water partition coefficient (Wildman–Crippen LogP) is -2.29. The van der Waals surface area contributed by atoms with Gasteiger partial charge >= 0.3 is 9.05 Å². The monoisotopic (exact) mass is 133 g/mol. The Labute approximate surface area is 40.3 Å². The SMILES string of the molecule is F.N.O[Si](O)(O)O. The predicted molar refractivity (Wildman–Crippen MR) is 22.2 cm³/mol. The van der Waals surface area contributed by atoms with Crippen molar-refractivity contribution < 1.29 is 23.9 Å². The molecule has 0 aliphatic carbocycles. The van der Waals surface area contributed by atoms with Gasteiger partial charge in [0.05, 0.1) is 0 Å². The largest absolute Gasteiger partial charge is 0.668 e. The van der Waals surface area contributed by atoms with Crippen LogP contribution < -0.4 is 6.15 Å². The van der Waals surface area contributed by atoms with Gasteiger partial charge in [0.25, 0.3) is 0 Å². The highest BCUT2D eigenvalue weighted by Crippen LogP contribution is 1.67. The summed E-state index contributed by atoms with van der Waals surface area (Å²) in [4.78, 5) is 29.3. The minimum absolute atomic E-state index is 0. The highest BCUT2D eigenvalue weighted by Gasteiger charge is 2.22. The molecule has 0 aromatic carbocycles. The Hall–Kier alpha value is -0.0531. The first kappa shape index (κ1) is 15.8. The van der Waals surface area contributed by atoms with Crippen LogP contribution in [0, 0.1) is 0 Å². The second kappa shape index (κ2) is 4.12. The van der Waals surface area contributed by atoms with Gasteiger partial charge in [-0.05, 0) is 0 Å². The van der Waals surface area contributed by atoms with Crippen LogP contribution in [-0.2, 0) is 0 Å². The molecule has 7 N–H and O–H groups in total. The molecule has 0 bridgehead atoms. The van der Waals surface area contributed by atoms with Gasteiger partial charge in [-0.15, -0.1) is 0 Å². The van der Waals surface area contributed by atoms with Gasteiger partial charge in [0.2, 0.25) is 0 Å². The van der Waals surface area contributed by atoms with Gasteiger partial charge in [0.15, 0.2) is 0 Å². The molecule has 5 nitrogen and oxygen atoms in total. The molecule has 0 saturated carbocycles. The van der Waals surface area contributed by atoms with Gasteiger partial charge in [0, 0.05) is 0 Å². The van der Waals surface area contributed by atoms with Crippen LogP contribution in [0.25, 0.3) is 0 Å². The standard InChI is InChI=1S/FH.H3N.H4O4Si/c;;1-5(2,3)4/h1H;1H3;1-4H. The van der Waals surface area contributed by atoms with Crippen molar-refractivity contribution in [2.24, 2.45) is 0 Å². The Morgan fingerprint density at radius 3 is 0.857 bits per heavy atom. The molecule has 0 aliphatic rings. The lowest BCUT2D eigenvalue weighted by atomic mass is 14.0. The normalized spacial score (nSPS) is 8.57. The Bertz CT molecular complexity index is 27.2. The van der Waals surface area contributed by atoms with E-state index in [1.807, 2.05) is 0 Å². The van der Waals surface area contributed by atoms with Gasteiger partial charge in [-0.25, -0.2) is 0 Å². The fraction of sp³-hybridized carbons (Fsp3) is 0. The molecular weight excluding hydrogens is 125 g/mol. The van der Waals surface area contributed by atoms with E-state index >= 15 is 0 Å². The first-order valence-corrected chi connectivity index (χ1v) is 2.68. The molecule has 0 aromatic rings. The summed E-state index contributed by atoms with van der Waals surface area (Å²) in [7, 11) is -4.61. The molecule has 0 aromatic heterocycles. The highest BCUT2D eigenvalue weighted by atomic mass is 28.4. The summed E-state index contributed by atoms with van der Waals surface area (Å²) in [6.07, 6.45) is 0. The van der Waals surface area contributed by atoms with E-state index in [9.17, 15) is 0 Å². The molecule has 0 atom stereocenters. The van der Waals surface area contributed by atoms with Gasteiger partial charge < -0.3 is 25.3 Å². The van der Waals surface area contributed by atoms with Crippen LogP contribution in [0.15, 0.2) is 0 Å². The van der Waals surface area contributed by atoms with Gasteiger partial charge in [-0.3, -0.25) is 4.70 Å². The summed E-state index contributed by atoms with van der Waals surface area (Å²) in [6, 6.07) is 0. The summed E-state index contributed by atoms with van der Waals surface area (Å²) in [5, 5.41) is 0. The van der Waals surface area contributed by atoms with E-state index in [4.69, 9.17) is 19.2 Å². The maximum absolute atomic E-state index is 7.33. The average Bonchev–Trinajstić information content (AvgIpc) is 0.722. The highest BCUT2D eigenvalue weighted by molar-refractivity contribution is 6.46. The molecular formula is H8FNO4Si. The summed E-state index contributed by atoms with van der Waals surface area (Å²) >= 11 is 0. The van der Waals surface area contributed by atoms with E-state index in [1.54, 1.807) is 0 Å². The number of halogens is 1. The lowest BCUT2D eigenvalue weighted by Gasteiger charge is -1.91. The van der Waals surface area contributed by atoms with E-state index in [2.05, 4.69) is 0 Å². The van der Waals surface area contributed by atoms with Crippen LogP contribution in [0.2, 0.25) is 0 Å². The smallest absolute Gasteiger partial charge is 0.368 e. The van der Waals surface area contributed by atoms with Crippen LogP contribution in [0.4, 0.5) is 4.70 Å². The molecule has 48 valence electrons. The zero-order valence-corrected chi connectivity index (χ0v) is 4.40. The second-order valence-corrected chi connectivity index (χ2v) is 1.80. The average molecular weight is 133 g/mol. The third-order valence-corrected chi connectivity index (χ3v) is 0. The van der Waals surface area contributed by atoms with Crippen molar-refractivity contribution in [1.29, 1.82) is 0 Å². The zero-order valence-electron chi connectivity index (χ0n) is 3.40. The van der Waals surface area contributed by atoms with Crippen molar-refractivity contribution in [3.05, 3.63) is 0 Å². The van der Waals surface area contributed by atoms with E-state index < -0.39 is 9.05 Å². The summed E-state index contributed by atoms with van der Waals surface area (Å²) in [6.45, 7) is 0. The fourth-order valence-corrected chi connectivity index (χ4v) is 0. The topological polar surface area (TPSA) is 116 Å². The summed E-state index contributed by atoms with van der Waals surface area (Å²) in [5.41, 5.74) is 0. The van der Waals surface area contributed by atoms with E-state index in [-0.39, 0.29) is 10.9 Å². The van der Waals surface area contributed by atoms with Crippen LogP contribution in [0.3, 0.4) is 0 Å². The Morgan fingerprint density at radius 2 is 0.857 bits per heavy atom. The molecule has 0 aliphatic heterocycles. The fourth-order valence-electron chi connectivity index (χ4n) is 0. The Kier molecular flexibility index (Phi) is 9.27. The van der Waals surface area contributed by atoms with Crippen molar-refractivity contribution in [2.45, 2.75) is 0 Å². The van der Waals surface area contributed by atoms with Crippen molar-refractivity contribution in [1.82, 2.24) is 6.15 Å². The molecule has 0 amide bonds. The molecule has 7 heteroatoms. The molecule has 0 rings (SSSR count). The zero-order chi connectivity index (χ0) is 4.50. The third-order valence-electron chi connectivity index (χ3n) is 0. The van der Waals surface area contributed by atoms with E-state index in [1.165, 1.54) is 0 Å². The lowest BCUT2D eigenvalue weighted by molar-refractivity contribution is 0.117. The van der Waals surface area contributed by atoms with Gasteiger partial charge in [-0.2, -0.15) is 0 Å². The third kappa shape index (κ3) is 32800. The first-order valence-electron chi connectivity index (χ1n) is 0.894. The molecule has 7 heavy (non-hydrogen) atoms. The van der Waals surface area contributed by atoms with Gasteiger partial charge in [-0.1, -0.05) is 0 Å².